The molecule has 3 aromatic carbocycles. The van der Waals surface area contributed by atoms with Crippen LogP contribution in [0.1, 0.15) is 29.5 Å². The van der Waals surface area contributed by atoms with Crippen LogP contribution in [0.25, 0.3) is 22.4 Å². The molecule has 0 aliphatic heterocycles. The van der Waals surface area contributed by atoms with Gasteiger partial charge in [0.1, 0.15) is 17.6 Å². The maximum atomic E-state index is 10.6. The van der Waals surface area contributed by atoms with Gasteiger partial charge in [-0.3, -0.25) is 0 Å². The molecule has 5 heteroatoms. The van der Waals surface area contributed by atoms with Gasteiger partial charge in [-0.15, -0.1) is 0 Å². The Morgan fingerprint density at radius 3 is 2.36 bits per heavy atom. The molecule has 1 N–H and O–H groups in total. The van der Waals surface area contributed by atoms with E-state index in [1.54, 1.807) is 6.20 Å². The predicted molar refractivity (Wildman–Crippen MR) is 128 cm³/mol. The first-order valence-corrected chi connectivity index (χ1v) is 11.0. The highest BCUT2D eigenvalue weighted by Crippen LogP contribution is 2.27. The lowest BCUT2D eigenvalue weighted by Gasteiger charge is -2.08. The van der Waals surface area contributed by atoms with Gasteiger partial charge < -0.3 is 14.3 Å². The fourth-order valence-corrected chi connectivity index (χ4v) is 3.66. The van der Waals surface area contributed by atoms with Gasteiger partial charge in [0.2, 0.25) is 5.89 Å². The van der Waals surface area contributed by atoms with Crippen LogP contribution in [0.15, 0.2) is 95.5 Å². The number of oxazole rings is 1. The molecule has 33 heavy (non-hydrogen) atoms. The number of hydrogen-bond donors (Lipinski definition) is 1. The molecule has 0 bridgehead atoms. The van der Waals surface area contributed by atoms with Gasteiger partial charge in [-0.05, 0) is 61.2 Å². The highest BCUT2D eigenvalue weighted by Gasteiger charge is 2.17. The molecular weight excluding hydrogens is 412 g/mol. The Balaban J connectivity index is 1.23. The van der Waals surface area contributed by atoms with E-state index in [1.165, 1.54) is 5.56 Å². The normalized spacial score (nSPS) is 12.1. The third-order valence-corrected chi connectivity index (χ3v) is 5.54. The summed E-state index contributed by atoms with van der Waals surface area (Å²) >= 11 is 0. The number of fused-ring (bicyclic) bond motifs is 1. The van der Waals surface area contributed by atoms with Crippen LogP contribution in [0.5, 0.6) is 11.5 Å². The molecule has 0 fully saturated rings. The second kappa shape index (κ2) is 9.27. The van der Waals surface area contributed by atoms with Gasteiger partial charge in [-0.25, -0.2) is 4.98 Å². The summed E-state index contributed by atoms with van der Waals surface area (Å²) in [6, 6.07) is 27.7. The van der Waals surface area contributed by atoms with Crippen molar-refractivity contribution in [3.63, 3.8) is 0 Å². The number of hydrogen-bond acceptors (Lipinski definition) is 5. The average Bonchev–Trinajstić information content (AvgIpc) is 3.28. The van der Waals surface area contributed by atoms with Crippen LogP contribution in [0.4, 0.5) is 0 Å². The Morgan fingerprint density at radius 2 is 1.61 bits per heavy atom. The Morgan fingerprint density at radius 1 is 0.879 bits per heavy atom. The molecule has 5 rings (SSSR count). The van der Waals surface area contributed by atoms with Crippen LogP contribution in [0.2, 0.25) is 0 Å². The van der Waals surface area contributed by atoms with Crippen LogP contribution in [-0.4, -0.2) is 15.1 Å². The van der Waals surface area contributed by atoms with Gasteiger partial charge in [-0.2, -0.15) is 4.98 Å². The molecule has 0 saturated heterocycles. The minimum absolute atomic E-state index is 0.294. The van der Waals surface area contributed by atoms with Crippen molar-refractivity contribution in [2.24, 2.45) is 0 Å². The van der Waals surface area contributed by atoms with Crippen molar-refractivity contribution in [1.82, 2.24) is 9.97 Å². The summed E-state index contributed by atoms with van der Waals surface area (Å²) in [5.41, 5.74) is 5.40. The summed E-state index contributed by atoms with van der Waals surface area (Å²) in [6.07, 6.45) is 2.16. The predicted octanol–water partition coefficient (Wildman–Crippen LogP) is 6.66. The van der Waals surface area contributed by atoms with E-state index in [0.29, 0.717) is 30.0 Å². The summed E-state index contributed by atoms with van der Waals surface area (Å²) in [5.74, 6) is 1.87. The standard InChI is InChI=1S/C28H24N2O3/c1-19-7-12-21(13-8-19)22-17-26-27(29-18-22)30-28(33-26)25(31)16-11-20-9-14-24(15-10-20)32-23-5-3-2-4-6-23/h2-10,12-15,17-18,25,31H,11,16H2,1H3. The number of aliphatic hydroxyl groups excluding tert-OH is 1. The molecule has 1 unspecified atom stereocenters. The lowest BCUT2D eigenvalue weighted by molar-refractivity contribution is 0.137. The maximum Gasteiger partial charge on any atom is 0.225 e. The summed E-state index contributed by atoms with van der Waals surface area (Å²) in [6.45, 7) is 2.06. The number of aromatic nitrogens is 2. The van der Waals surface area contributed by atoms with Crippen LogP contribution in [0.3, 0.4) is 0 Å². The number of nitrogens with zero attached hydrogens (tertiary/aromatic N) is 2. The first kappa shape index (κ1) is 20.9. The highest BCUT2D eigenvalue weighted by molar-refractivity contribution is 5.76. The Labute approximate surface area is 192 Å². The van der Waals surface area contributed by atoms with E-state index in [1.807, 2.05) is 60.7 Å². The summed E-state index contributed by atoms with van der Waals surface area (Å²) < 4.78 is 11.7. The number of aryl methyl sites for hydroxylation is 2. The molecule has 0 radical (unpaired) electrons. The molecule has 5 nitrogen and oxygen atoms in total. The number of pyridine rings is 1. The van der Waals surface area contributed by atoms with Gasteiger partial charge in [0.05, 0.1) is 0 Å². The summed E-state index contributed by atoms with van der Waals surface area (Å²) in [5, 5.41) is 10.6. The number of ether oxygens (including phenoxy) is 1. The minimum atomic E-state index is -0.803. The SMILES string of the molecule is Cc1ccc(-c2cnc3nc(C(O)CCc4ccc(Oc5ccccc5)cc4)oc3c2)cc1. The lowest BCUT2D eigenvalue weighted by atomic mass is 10.1. The highest BCUT2D eigenvalue weighted by atomic mass is 16.5. The van der Waals surface area contributed by atoms with Crippen molar-refractivity contribution in [3.8, 4) is 22.6 Å². The zero-order valence-electron chi connectivity index (χ0n) is 18.3. The van der Waals surface area contributed by atoms with Crippen LogP contribution < -0.4 is 4.74 Å². The van der Waals surface area contributed by atoms with E-state index < -0.39 is 6.10 Å². The third kappa shape index (κ3) is 4.94. The molecule has 1 atom stereocenters. The largest absolute Gasteiger partial charge is 0.457 e. The minimum Gasteiger partial charge on any atom is -0.457 e. The topological polar surface area (TPSA) is 68.4 Å². The number of para-hydroxylation sites is 1. The van der Waals surface area contributed by atoms with Crippen LogP contribution >= 0.6 is 0 Å². The van der Waals surface area contributed by atoms with E-state index >= 15 is 0 Å². The van der Waals surface area contributed by atoms with E-state index in [0.717, 1.165) is 28.2 Å². The summed E-state index contributed by atoms with van der Waals surface area (Å²) in [4.78, 5) is 8.80. The van der Waals surface area contributed by atoms with Gasteiger partial charge in [0, 0.05) is 11.8 Å². The molecule has 2 heterocycles. The molecule has 0 amide bonds. The van der Waals surface area contributed by atoms with Crippen molar-refractivity contribution in [2.45, 2.75) is 25.9 Å². The molecule has 0 aliphatic carbocycles. The average molecular weight is 437 g/mol. The number of rotatable bonds is 7. The number of aliphatic hydroxyl groups is 1. The van der Waals surface area contributed by atoms with Gasteiger partial charge in [-0.1, -0.05) is 60.2 Å². The molecule has 5 aromatic rings. The molecule has 0 aliphatic rings. The van der Waals surface area contributed by atoms with E-state index in [2.05, 4.69) is 41.2 Å². The van der Waals surface area contributed by atoms with Crippen molar-refractivity contribution in [3.05, 3.63) is 108 Å². The lowest BCUT2D eigenvalue weighted by Crippen LogP contribution is -2.00. The fourth-order valence-electron chi connectivity index (χ4n) is 3.66. The fraction of sp³-hybridized carbons (Fsp3) is 0.143. The Hall–Kier alpha value is -3.96. The van der Waals surface area contributed by atoms with E-state index in [4.69, 9.17) is 9.15 Å². The quantitative estimate of drug-likeness (QED) is 0.309. The zero-order chi connectivity index (χ0) is 22.6. The molecule has 164 valence electrons. The number of benzene rings is 3. The van der Waals surface area contributed by atoms with Crippen LogP contribution in [-0.2, 0) is 6.42 Å². The second-order valence-corrected chi connectivity index (χ2v) is 8.08. The van der Waals surface area contributed by atoms with E-state index in [-0.39, 0.29) is 0 Å². The first-order chi connectivity index (χ1) is 16.1. The monoisotopic (exact) mass is 436 g/mol. The second-order valence-electron chi connectivity index (χ2n) is 8.08. The molecule has 0 spiro atoms. The van der Waals surface area contributed by atoms with Crippen molar-refractivity contribution >= 4 is 11.2 Å². The van der Waals surface area contributed by atoms with E-state index in [9.17, 15) is 5.11 Å². The molecule has 0 saturated carbocycles. The van der Waals surface area contributed by atoms with Gasteiger partial charge in [0.15, 0.2) is 11.2 Å². The van der Waals surface area contributed by atoms with Crippen molar-refractivity contribution in [2.75, 3.05) is 0 Å². The molecular formula is C28H24N2O3. The molecule has 2 aromatic heterocycles. The Bertz CT molecular complexity index is 1340. The zero-order valence-corrected chi connectivity index (χ0v) is 18.3. The first-order valence-electron chi connectivity index (χ1n) is 11.0. The van der Waals surface area contributed by atoms with Crippen LogP contribution in [0, 0.1) is 6.92 Å². The van der Waals surface area contributed by atoms with Gasteiger partial charge in [0.25, 0.3) is 0 Å². The Kier molecular flexibility index (Phi) is 5.87. The van der Waals surface area contributed by atoms with Crippen molar-refractivity contribution in [1.29, 1.82) is 0 Å². The smallest absolute Gasteiger partial charge is 0.225 e. The maximum absolute atomic E-state index is 10.6. The third-order valence-electron chi connectivity index (χ3n) is 5.54. The summed E-state index contributed by atoms with van der Waals surface area (Å²) in [7, 11) is 0. The van der Waals surface area contributed by atoms with Gasteiger partial charge >= 0.3 is 0 Å². The van der Waals surface area contributed by atoms with Crippen molar-refractivity contribution < 1.29 is 14.3 Å².